The monoisotopic (exact) mass is 684 g/mol. The molecular weight excluding hydrogens is 656 g/mol. The fraction of sp³-hybridized carbons (Fsp3) is 0.226. The fourth-order valence-electron chi connectivity index (χ4n) is 4.30. The average molecular weight is 686 g/mol. The van der Waals surface area contributed by atoms with Crippen molar-refractivity contribution in [1.82, 2.24) is 16.1 Å². The summed E-state index contributed by atoms with van der Waals surface area (Å²) in [4.78, 5) is 37.3. The molecule has 3 amide bonds. The summed E-state index contributed by atoms with van der Waals surface area (Å²) < 4.78 is 23.1. The topological polar surface area (TPSA) is 137 Å². The number of hydrogen-bond donors (Lipinski definition) is 3. The number of nitrogens with one attached hydrogen (secondary N) is 3. The molecule has 0 aromatic heterocycles. The van der Waals surface area contributed by atoms with E-state index in [-0.39, 0.29) is 24.5 Å². The second-order valence-electron chi connectivity index (χ2n) is 9.38. The number of hydrogen-bond acceptors (Lipinski definition) is 8. The maximum absolute atomic E-state index is 12.6. The van der Waals surface area contributed by atoms with Gasteiger partial charge in [0.2, 0.25) is 0 Å². The van der Waals surface area contributed by atoms with Crippen LogP contribution in [0.25, 0.3) is 0 Å². The van der Waals surface area contributed by atoms with Crippen molar-refractivity contribution in [1.29, 1.82) is 0 Å². The maximum Gasteiger partial charge on any atom is 0.338 e. The molecule has 3 aromatic carbocycles. The summed E-state index contributed by atoms with van der Waals surface area (Å²) in [6.07, 6.45) is 1.47. The number of ether oxygens (including phenoxy) is 4. The Hall–Kier alpha value is -4.55. The van der Waals surface area contributed by atoms with E-state index in [0.717, 1.165) is 10.0 Å². The number of allylic oxidation sites excluding steroid dienone is 1. The molecule has 0 saturated carbocycles. The Labute approximate surface area is 267 Å². The lowest BCUT2D eigenvalue weighted by atomic mass is 9.95. The molecule has 13 heteroatoms. The number of carbonyl (C=O) groups excluding carboxylic acids is 3. The highest BCUT2D eigenvalue weighted by molar-refractivity contribution is 9.10. The van der Waals surface area contributed by atoms with Crippen LogP contribution >= 0.6 is 27.5 Å². The summed E-state index contributed by atoms with van der Waals surface area (Å²) in [6.45, 7) is 3.44. The Morgan fingerprint density at radius 3 is 2.61 bits per heavy atom. The first-order valence-corrected chi connectivity index (χ1v) is 14.6. The van der Waals surface area contributed by atoms with Crippen LogP contribution in [-0.4, -0.2) is 44.4 Å². The Bertz CT molecular complexity index is 1610. The Morgan fingerprint density at radius 1 is 1.07 bits per heavy atom. The minimum atomic E-state index is -0.777. The minimum Gasteiger partial charge on any atom is -0.493 e. The Kier molecular flexibility index (Phi) is 11.2. The summed E-state index contributed by atoms with van der Waals surface area (Å²) >= 11 is 9.50. The zero-order valence-electron chi connectivity index (χ0n) is 24.1. The lowest BCUT2D eigenvalue weighted by Gasteiger charge is -2.28. The summed E-state index contributed by atoms with van der Waals surface area (Å²) in [7, 11) is 1.44. The van der Waals surface area contributed by atoms with E-state index < -0.39 is 23.9 Å². The predicted octanol–water partition coefficient (Wildman–Crippen LogP) is 5.41. The number of halogens is 2. The number of rotatable bonds is 12. The zero-order valence-corrected chi connectivity index (χ0v) is 26.5. The number of benzene rings is 3. The quantitative estimate of drug-likeness (QED) is 0.132. The molecule has 0 bridgehead atoms. The summed E-state index contributed by atoms with van der Waals surface area (Å²) in [6, 6.07) is 16.4. The molecule has 0 fully saturated rings. The molecule has 1 heterocycles. The van der Waals surface area contributed by atoms with Gasteiger partial charge in [-0.2, -0.15) is 5.10 Å². The SMILES string of the molecule is CCOC(=O)C1=C(C)NC(=O)N[C@H]1c1ccc(OCC(=O)N/N=C/c2cc(Br)ccc2OCc2cccc(Cl)c2)c(OC)c1. The number of carbonyl (C=O) groups is 3. The number of methoxy groups -OCH3 is 1. The second-order valence-corrected chi connectivity index (χ2v) is 10.7. The lowest BCUT2D eigenvalue weighted by Crippen LogP contribution is -2.45. The largest absolute Gasteiger partial charge is 0.493 e. The summed E-state index contributed by atoms with van der Waals surface area (Å²) in [5.41, 5.74) is 5.19. The first kappa shape index (κ1) is 32.4. The van der Waals surface area contributed by atoms with Gasteiger partial charge in [0.1, 0.15) is 12.4 Å². The first-order chi connectivity index (χ1) is 21.2. The van der Waals surface area contributed by atoms with E-state index in [2.05, 4.69) is 37.1 Å². The maximum atomic E-state index is 12.6. The van der Waals surface area contributed by atoms with Crippen LogP contribution in [0, 0.1) is 0 Å². The molecule has 44 heavy (non-hydrogen) atoms. The highest BCUT2D eigenvalue weighted by Gasteiger charge is 2.32. The third-order valence-electron chi connectivity index (χ3n) is 6.29. The van der Waals surface area contributed by atoms with Gasteiger partial charge in [0.25, 0.3) is 5.91 Å². The van der Waals surface area contributed by atoms with Gasteiger partial charge < -0.3 is 29.6 Å². The smallest absolute Gasteiger partial charge is 0.338 e. The molecule has 0 aliphatic carbocycles. The fourth-order valence-corrected chi connectivity index (χ4v) is 4.89. The molecule has 11 nitrogen and oxygen atoms in total. The van der Waals surface area contributed by atoms with Gasteiger partial charge in [-0.15, -0.1) is 0 Å². The molecule has 0 spiro atoms. The van der Waals surface area contributed by atoms with Crippen molar-refractivity contribution < 1.29 is 33.3 Å². The van der Waals surface area contributed by atoms with Crippen LogP contribution < -0.4 is 30.3 Å². The van der Waals surface area contributed by atoms with Crippen molar-refractivity contribution in [2.24, 2.45) is 5.10 Å². The predicted molar refractivity (Wildman–Crippen MR) is 168 cm³/mol. The van der Waals surface area contributed by atoms with Crippen molar-refractivity contribution in [3.63, 3.8) is 0 Å². The van der Waals surface area contributed by atoms with Crippen molar-refractivity contribution in [2.45, 2.75) is 26.5 Å². The van der Waals surface area contributed by atoms with E-state index in [1.165, 1.54) is 13.3 Å². The van der Waals surface area contributed by atoms with Crippen LogP contribution in [0.3, 0.4) is 0 Å². The van der Waals surface area contributed by atoms with E-state index in [0.29, 0.717) is 40.0 Å². The molecule has 230 valence electrons. The van der Waals surface area contributed by atoms with E-state index in [1.54, 1.807) is 50.2 Å². The molecule has 1 aliphatic rings. The van der Waals surface area contributed by atoms with Crippen LogP contribution in [0.5, 0.6) is 17.2 Å². The third-order valence-corrected chi connectivity index (χ3v) is 7.02. The van der Waals surface area contributed by atoms with Crippen molar-refractivity contribution in [3.8, 4) is 17.2 Å². The molecule has 0 unspecified atom stereocenters. The second kappa shape index (κ2) is 15.3. The van der Waals surface area contributed by atoms with Crippen molar-refractivity contribution in [2.75, 3.05) is 20.3 Å². The van der Waals surface area contributed by atoms with Gasteiger partial charge in [-0.25, -0.2) is 15.0 Å². The summed E-state index contributed by atoms with van der Waals surface area (Å²) in [5.74, 6) is 0.0633. The standard InChI is InChI=1S/C31H30BrClN4O7/c1-4-42-30(39)28-18(2)35-31(40)36-29(28)20-8-10-25(26(14-20)41-3)44-17-27(38)37-34-15-21-13-22(32)9-11-24(21)43-16-19-6-5-7-23(33)12-19/h5-15,29H,4,16-17H2,1-3H3,(H,37,38)(H2,35,36,40)/b34-15+/t29-/m0/s1. The van der Waals surface area contributed by atoms with Crippen LogP contribution in [-0.2, 0) is 20.9 Å². The highest BCUT2D eigenvalue weighted by Crippen LogP contribution is 2.34. The van der Waals surface area contributed by atoms with Crippen LogP contribution in [0.2, 0.25) is 5.02 Å². The van der Waals surface area contributed by atoms with Gasteiger partial charge in [0.05, 0.1) is 31.5 Å². The van der Waals surface area contributed by atoms with E-state index in [1.807, 2.05) is 24.3 Å². The minimum absolute atomic E-state index is 0.181. The number of hydrazone groups is 1. The van der Waals surface area contributed by atoms with Crippen LogP contribution in [0.15, 0.2) is 81.5 Å². The number of amides is 3. The normalized spacial score (nSPS) is 14.5. The van der Waals surface area contributed by atoms with Crippen LogP contribution in [0.1, 0.15) is 36.6 Å². The number of esters is 1. The number of nitrogens with zero attached hydrogens (tertiary/aromatic N) is 1. The molecule has 3 aromatic rings. The molecular formula is C31H30BrClN4O7. The molecule has 4 rings (SSSR count). The van der Waals surface area contributed by atoms with Gasteiger partial charge in [0, 0.05) is 20.8 Å². The van der Waals surface area contributed by atoms with E-state index in [9.17, 15) is 14.4 Å². The van der Waals surface area contributed by atoms with Crippen molar-refractivity contribution in [3.05, 3.63) is 98.1 Å². The van der Waals surface area contributed by atoms with Crippen molar-refractivity contribution >= 4 is 51.7 Å². The Balaban J connectivity index is 1.39. The molecule has 3 N–H and O–H groups in total. The van der Waals surface area contributed by atoms with Gasteiger partial charge in [-0.1, -0.05) is 45.7 Å². The Morgan fingerprint density at radius 2 is 1.86 bits per heavy atom. The molecule has 1 aliphatic heterocycles. The lowest BCUT2D eigenvalue weighted by molar-refractivity contribution is -0.139. The average Bonchev–Trinajstić information content (AvgIpc) is 2.99. The van der Waals surface area contributed by atoms with Gasteiger partial charge in [-0.05, 0) is 67.4 Å². The molecule has 0 radical (unpaired) electrons. The highest BCUT2D eigenvalue weighted by atomic mass is 79.9. The van der Waals surface area contributed by atoms with E-state index >= 15 is 0 Å². The molecule has 0 saturated heterocycles. The number of urea groups is 1. The zero-order chi connectivity index (χ0) is 31.6. The first-order valence-electron chi connectivity index (χ1n) is 13.4. The van der Waals surface area contributed by atoms with E-state index in [4.69, 9.17) is 30.5 Å². The van der Waals surface area contributed by atoms with Crippen LogP contribution in [0.4, 0.5) is 4.79 Å². The third kappa shape index (κ3) is 8.51. The van der Waals surface area contributed by atoms with Gasteiger partial charge in [-0.3, -0.25) is 4.79 Å². The summed E-state index contributed by atoms with van der Waals surface area (Å²) in [5, 5.41) is 9.99. The molecule has 1 atom stereocenters. The van der Waals surface area contributed by atoms with Gasteiger partial charge in [0.15, 0.2) is 18.1 Å². The van der Waals surface area contributed by atoms with Gasteiger partial charge >= 0.3 is 12.0 Å².